The molecule has 0 unspecified atom stereocenters. The van der Waals surface area contributed by atoms with Crippen LogP contribution in [0.15, 0.2) is 18.3 Å². The van der Waals surface area contributed by atoms with Crippen LogP contribution in [0, 0.1) is 11.3 Å². The van der Waals surface area contributed by atoms with Gasteiger partial charge in [-0.2, -0.15) is 5.26 Å². The molecule has 0 aliphatic heterocycles. The Hall–Kier alpha value is -1.89. The van der Waals surface area contributed by atoms with Crippen LogP contribution in [0.1, 0.15) is 23.7 Å². The maximum atomic E-state index is 11.3. The second kappa shape index (κ2) is 5.11. The summed E-state index contributed by atoms with van der Waals surface area (Å²) in [6, 6.07) is 5.54. The normalized spacial score (nSPS) is 9.40. The molecular weight excluding hydrogens is 190 g/mol. The minimum atomic E-state index is -0.0121. The molecule has 1 aromatic heterocycles. The van der Waals surface area contributed by atoms with Crippen molar-refractivity contribution >= 4 is 11.6 Å². The van der Waals surface area contributed by atoms with E-state index in [0.717, 1.165) is 0 Å². The molecule has 1 rings (SSSR count). The molecule has 1 aromatic rings. The van der Waals surface area contributed by atoms with Crippen LogP contribution in [0.3, 0.4) is 0 Å². The van der Waals surface area contributed by atoms with Crippen molar-refractivity contribution in [1.82, 2.24) is 4.98 Å². The Morgan fingerprint density at radius 3 is 3.00 bits per heavy atom. The number of pyridine rings is 1. The van der Waals surface area contributed by atoms with Gasteiger partial charge in [-0.3, -0.25) is 4.79 Å². The molecule has 0 fully saturated rings. The fourth-order valence-electron chi connectivity index (χ4n) is 1.30. The molecule has 1 heterocycles. The van der Waals surface area contributed by atoms with E-state index in [0.29, 0.717) is 24.3 Å². The first-order chi connectivity index (χ1) is 7.16. The van der Waals surface area contributed by atoms with Crippen molar-refractivity contribution in [2.24, 2.45) is 0 Å². The van der Waals surface area contributed by atoms with Gasteiger partial charge in [0, 0.05) is 19.8 Å². The van der Waals surface area contributed by atoms with Gasteiger partial charge in [-0.1, -0.05) is 0 Å². The van der Waals surface area contributed by atoms with Crippen molar-refractivity contribution in [2.75, 3.05) is 18.5 Å². The number of rotatable bonds is 4. The van der Waals surface area contributed by atoms with Crippen molar-refractivity contribution < 1.29 is 4.79 Å². The predicted molar refractivity (Wildman–Crippen MR) is 57.7 cm³/mol. The minimum Gasteiger partial charge on any atom is -0.358 e. The molecule has 78 valence electrons. The summed E-state index contributed by atoms with van der Waals surface area (Å²) >= 11 is 0. The maximum absolute atomic E-state index is 11.3. The Balaban J connectivity index is 2.93. The van der Waals surface area contributed by atoms with Gasteiger partial charge >= 0.3 is 0 Å². The van der Waals surface area contributed by atoms with E-state index in [1.165, 1.54) is 6.92 Å². The molecule has 4 heteroatoms. The van der Waals surface area contributed by atoms with Gasteiger partial charge in [0.15, 0.2) is 5.78 Å². The van der Waals surface area contributed by atoms with Crippen molar-refractivity contribution in [1.29, 1.82) is 5.26 Å². The van der Waals surface area contributed by atoms with E-state index < -0.39 is 0 Å². The van der Waals surface area contributed by atoms with Crippen molar-refractivity contribution in [3.05, 3.63) is 23.9 Å². The number of carbonyl (C=O) groups is 1. The summed E-state index contributed by atoms with van der Waals surface area (Å²) in [4.78, 5) is 17.3. The molecule has 15 heavy (non-hydrogen) atoms. The number of ketones is 1. The highest BCUT2D eigenvalue weighted by Gasteiger charge is 2.11. The molecule has 0 atom stereocenters. The second-order valence-corrected chi connectivity index (χ2v) is 3.26. The van der Waals surface area contributed by atoms with Gasteiger partial charge in [0.1, 0.15) is 5.82 Å². The lowest BCUT2D eigenvalue weighted by atomic mass is 10.2. The lowest BCUT2D eigenvalue weighted by molar-refractivity contribution is 0.101. The number of nitrogens with zero attached hydrogens (tertiary/aromatic N) is 3. The minimum absolute atomic E-state index is 0.0121. The molecule has 0 saturated heterocycles. The van der Waals surface area contributed by atoms with E-state index >= 15 is 0 Å². The zero-order chi connectivity index (χ0) is 11.3. The zero-order valence-corrected chi connectivity index (χ0v) is 8.90. The van der Waals surface area contributed by atoms with E-state index in [1.807, 2.05) is 11.9 Å². The molecular formula is C11H13N3O. The lowest BCUT2D eigenvalue weighted by Crippen LogP contribution is -2.21. The smallest absolute Gasteiger partial charge is 0.163 e. The predicted octanol–water partition coefficient (Wildman–Crippen LogP) is 1.63. The number of anilines is 1. The average Bonchev–Trinajstić information content (AvgIpc) is 2.25. The first-order valence-corrected chi connectivity index (χ1v) is 4.71. The molecule has 0 saturated carbocycles. The molecule has 0 spiro atoms. The van der Waals surface area contributed by atoms with Gasteiger partial charge < -0.3 is 4.90 Å². The molecule has 0 N–H and O–H groups in total. The second-order valence-electron chi connectivity index (χ2n) is 3.26. The summed E-state index contributed by atoms with van der Waals surface area (Å²) in [5.74, 6) is 0.627. The Morgan fingerprint density at radius 1 is 1.67 bits per heavy atom. The van der Waals surface area contributed by atoms with Crippen molar-refractivity contribution in [2.45, 2.75) is 13.3 Å². The monoisotopic (exact) mass is 203 g/mol. The first kappa shape index (κ1) is 11.2. The van der Waals surface area contributed by atoms with E-state index in [1.54, 1.807) is 18.3 Å². The fourth-order valence-corrected chi connectivity index (χ4v) is 1.30. The average molecular weight is 203 g/mol. The van der Waals surface area contributed by atoms with Gasteiger partial charge in [0.2, 0.25) is 0 Å². The van der Waals surface area contributed by atoms with E-state index in [4.69, 9.17) is 5.26 Å². The third-order valence-corrected chi connectivity index (χ3v) is 2.09. The SMILES string of the molecule is CC(=O)c1cccnc1N(C)CCC#N. The van der Waals surface area contributed by atoms with E-state index in [-0.39, 0.29) is 5.78 Å². The van der Waals surface area contributed by atoms with Crippen LogP contribution in [0.4, 0.5) is 5.82 Å². The van der Waals surface area contributed by atoms with Crippen LogP contribution in [-0.2, 0) is 0 Å². The molecule has 0 radical (unpaired) electrons. The Kier molecular flexibility index (Phi) is 3.81. The highest BCUT2D eigenvalue weighted by molar-refractivity contribution is 5.98. The zero-order valence-electron chi connectivity index (χ0n) is 8.90. The number of Topliss-reactive ketones (excluding diaryl/α,β-unsaturated/α-hetero) is 1. The Morgan fingerprint density at radius 2 is 2.40 bits per heavy atom. The van der Waals surface area contributed by atoms with Crippen molar-refractivity contribution in [3.63, 3.8) is 0 Å². The first-order valence-electron chi connectivity index (χ1n) is 4.71. The molecule has 0 bridgehead atoms. The molecule has 0 aliphatic rings. The Bertz CT molecular complexity index is 395. The molecule has 0 aliphatic carbocycles. The summed E-state index contributed by atoms with van der Waals surface area (Å²) in [6.45, 7) is 2.09. The molecule has 0 aromatic carbocycles. The summed E-state index contributed by atoms with van der Waals surface area (Å²) < 4.78 is 0. The van der Waals surface area contributed by atoms with Crippen LogP contribution in [0.2, 0.25) is 0 Å². The number of aromatic nitrogens is 1. The van der Waals surface area contributed by atoms with E-state index in [9.17, 15) is 4.79 Å². The van der Waals surface area contributed by atoms with E-state index in [2.05, 4.69) is 11.1 Å². The van der Waals surface area contributed by atoms with Crippen LogP contribution in [0.5, 0.6) is 0 Å². The molecule has 4 nitrogen and oxygen atoms in total. The standard InChI is InChI=1S/C11H13N3O/c1-9(15)10-5-3-7-13-11(10)14(2)8-4-6-12/h3,5,7H,4,8H2,1-2H3. The number of hydrogen-bond acceptors (Lipinski definition) is 4. The highest BCUT2D eigenvalue weighted by Crippen LogP contribution is 2.16. The largest absolute Gasteiger partial charge is 0.358 e. The molecule has 0 amide bonds. The maximum Gasteiger partial charge on any atom is 0.163 e. The quantitative estimate of drug-likeness (QED) is 0.698. The van der Waals surface area contributed by atoms with Crippen LogP contribution < -0.4 is 4.90 Å². The summed E-state index contributed by atoms with van der Waals surface area (Å²) in [6.07, 6.45) is 2.06. The Labute approximate surface area is 89.2 Å². The summed E-state index contributed by atoms with van der Waals surface area (Å²) in [7, 11) is 1.83. The number of hydrogen-bond donors (Lipinski definition) is 0. The van der Waals surface area contributed by atoms with Gasteiger partial charge in [-0.15, -0.1) is 0 Å². The third-order valence-electron chi connectivity index (χ3n) is 2.09. The highest BCUT2D eigenvalue weighted by atomic mass is 16.1. The summed E-state index contributed by atoms with van der Waals surface area (Å²) in [5, 5.41) is 8.48. The van der Waals surface area contributed by atoms with Gasteiger partial charge in [-0.05, 0) is 19.1 Å². The summed E-state index contributed by atoms with van der Waals surface area (Å²) in [5.41, 5.74) is 0.595. The van der Waals surface area contributed by atoms with Crippen molar-refractivity contribution in [3.8, 4) is 6.07 Å². The van der Waals surface area contributed by atoms with Gasteiger partial charge in [0.05, 0.1) is 18.1 Å². The number of nitriles is 1. The lowest BCUT2D eigenvalue weighted by Gasteiger charge is -2.18. The van der Waals surface area contributed by atoms with Gasteiger partial charge in [0.25, 0.3) is 0 Å². The third kappa shape index (κ3) is 2.78. The van der Waals surface area contributed by atoms with Crippen LogP contribution in [-0.4, -0.2) is 24.4 Å². The fraction of sp³-hybridized carbons (Fsp3) is 0.364. The van der Waals surface area contributed by atoms with Crippen LogP contribution in [0.25, 0.3) is 0 Å². The van der Waals surface area contributed by atoms with Crippen LogP contribution >= 0.6 is 0 Å². The number of carbonyl (C=O) groups excluding carboxylic acids is 1. The van der Waals surface area contributed by atoms with Gasteiger partial charge in [-0.25, -0.2) is 4.98 Å². The topological polar surface area (TPSA) is 57.0 Å².